The number of primary amides is 1. The Kier molecular flexibility index (Phi) is 4.74. The molecule has 5 nitrogen and oxygen atoms in total. The van der Waals surface area contributed by atoms with E-state index >= 15 is 0 Å². The van der Waals surface area contributed by atoms with Gasteiger partial charge in [0.2, 0.25) is 5.91 Å². The third-order valence-corrected chi connectivity index (χ3v) is 3.18. The van der Waals surface area contributed by atoms with Gasteiger partial charge >= 0.3 is 6.18 Å². The Morgan fingerprint density at radius 3 is 2.61 bits per heavy atom. The summed E-state index contributed by atoms with van der Waals surface area (Å²) in [5.74, 6) is -1.33. The fraction of sp³-hybridized carbons (Fsp3) is 0.214. The maximum Gasteiger partial charge on any atom is 0.433 e. The summed E-state index contributed by atoms with van der Waals surface area (Å²) < 4.78 is 39.5. The number of aromatic amines is 1. The summed E-state index contributed by atoms with van der Waals surface area (Å²) in [6.45, 7) is 0. The SMILES string of the molecule is NC(=O)Cc1nc(C(F)(F)F)c(Cc2cccc(Cl)c2)c(=O)[nH]1. The number of nitrogens with two attached hydrogens (primary N) is 1. The highest BCUT2D eigenvalue weighted by Gasteiger charge is 2.37. The summed E-state index contributed by atoms with van der Waals surface area (Å²) >= 11 is 5.79. The van der Waals surface area contributed by atoms with Crippen LogP contribution in [0.25, 0.3) is 0 Å². The van der Waals surface area contributed by atoms with Gasteiger partial charge in [-0.05, 0) is 17.7 Å². The van der Waals surface area contributed by atoms with E-state index in [-0.39, 0.29) is 6.42 Å². The van der Waals surface area contributed by atoms with Gasteiger partial charge in [-0.2, -0.15) is 13.2 Å². The monoisotopic (exact) mass is 345 g/mol. The van der Waals surface area contributed by atoms with E-state index in [1.165, 1.54) is 6.07 Å². The molecule has 0 unspecified atom stereocenters. The minimum Gasteiger partial charge on any atom is -0.369 e. The van der Waals surface area contributed by atoms with Gasteiger partial charge in [-0.3, -0.25) is 9.59 Å². The molecular formula is C14H11ClF3N3O2. The second-order valence-electron chi connectivity index (χ2n) is 4.79. The first kappa shape index (κ1) is 17.0. The second kappa shape index (κ2) is 6.41. The van der Waals surface area contributed by atoms with E-state index in [0.717, 1.165) is 0 Å². The molecule has 0 radical (unpaired) electrons. The molecule has 0 bridgehead atoms. The van der Waals surface area contributed by atoms with Crippen LogP contribution in [0.1, 0.15) is 22.6 Å². The number of aromatic nitrogens is 2. The van der Waals surface area contributed by atoms with Crippen LogP contribution >= 0.6 is 11.6 Å². The molecule has 0 saturated heterocycles. The molecule has 1 aromatic heterocycles. The molecular weight excluding hydrogens is 335 g/mol. The van der Waals surface area contributed by atoms with E-state index in [4.69, 9.17) is 17.3 Å². The molecule has 2 aromatic rings. The topological polar surface area (TPSA) is 88.8 Å². The van der Waals surface area contributed by atoms with Crippen LogP contribution in [0.15, 0.2) is 29.1 Å². The number of nitrogens with zero attached hydrogens (tertiary/aromatic N) is 1. The molecule has 9 heteroatoms. The number of carbonyl (C=O) groups excluding carboxylic acids is 1. The zero-order chi connectivity index (χ0) is 17.2. The van der Waals surface area contributed by atoms with E-state index in [2.05, 4.69) is 9.97 Å². The zero-order valence-corrected chi connectivity index (χ0v) is 12.3. The summed E-state index contributed by atoms with van der Waals surface area (Å²) in [4.78, 5) is 28.3. The molecule has 1 aromatic carbocycles. The number of hydrogen-bond acceptors (Lipinski definition) is 3. The molecule has 3 N–H and O–H groups in total. The van der Waals surface area contributed by atoms with Gasteiger partial charge in [0.05, 0.1) is 12.0 Å². The van der Waals surface area contributed by atoms with Gasteiger partial charge in [-0.15, -0.1) is 0 Å². The first-order valence-electron chi connectivity index (χ1n) is 6.39. The third-order valence-electron chi connectivity index (χ3n) is 2.94. The number of alkyl halides is 3. The van der Waals surface area contributed by atoms with E-state index in [0.29, 0.717) is 10.6 Å². The van der Waals surface area contributed by atoms with Crippen molar-refractivity contribution in [1.29, 1.82) is 0 Å². The van der Waals surface area contributed by atoms with Crippen molar-refractivity contribution in [2.75, 3.05) is 0 Å². The molecule has 0 aliphatic heterocycles. The van der Waals surface area contributed by atoms with Crippen LogP contribution < -0.4 is 11.3 Å². The number of nitrogens with one attached hydrogen (secondary N) is 1. The first-order chi connectivity index (χ1) is 10.7. The molecule has 1 heterocycles. The molecule has 122 valence electrons. The van der Waals surface area contributed by atoms with Crippen molar-refractivity contribution in [1.82, 2.24) is 9.97 Å². The van der Waals surface area contributed by atoms with Gasteiger partial charge in [-0.1, -0.05) is 23.7 Å². The minimum absolute atomic E-state index is 0.297. The van der Waals surface area contributed by atoms with E-state index in [1.807, 2.05) is 0 Å². The maximum absolute atomic E-state index is 13.2. The van der Waals surface area contributed by atoms with Crippen LogP contribution in [0.5, 0.6) is 0 Å². The minimum atomic E-state index is -4.84. The standard InChI is InChI=1S/C14H11ClF3N3O2/c15-8-3-1-2-7(4-8)5-9-12(14(16,17)18)20-11(6-10(19)22)21-13(9)23/h1-4H,5-6H2,(H2,19,22)(H,20,21,23). The second-order valence-corrected chi connectivity index (χ2v) is 5.22. The van der Waals surface area contributed by atoms with Crippen molar-refractivity contribution in [3.8, 4) is 0 Å². The van der Waals surface area contributed by atoms with Gasteiger partial charge in [0.25, 0.3) is 5.56 Å². The largest absolute Gasteiger partial charge is 0.433 e. The Balaban J connectivity index is 2.53. The Morgan fingerprint density at radius 1 is 1.35 bits per heavy atom. The van der Waals surface area contributed by atoms with Crippen molar-refractivity contribution in [2.45, 2.75) is 19.0 Å². The maximum atomic E-state index is 13.2. The van der Waals surface area contributed by atoms with Crippen molar-refractivity contribution in [3.63, 3.8) is 0 Å². The third kappa shape index (κ3) is 4.32. The molecule has 0 fully saturated rings. The van der Waals surface area contributed by atoms with Crippen molar-refractivity contribution in [3.05, 3.63) is 62.3 Å². The lowest BCUT2D eigenvalue weighted by molar-refractivity contribution is -0.142. The van der Waals surface area contributed by atoms with Crippen LogP contribution in [-0.4, -0.2) is 15.9 Å². The molecule has 0 atom stereocenters. The lowest BCUT2D eigenvalue weighted by atomic mass is 10.0. The average Bonchev–Trinajstić information content (AvgIpc) is 2.39. The van der Waals surface area contributed by atoms with Crippen molar-refractivity contribution >= 4 is 17.5 Å². The summed E-state index contributed by atoms with van der Waals surface area (Å²) in [6.07, 6.45) is -5.72. The quantitative estimate of drug-likeness (QED) is 0.889. The fourth-order valence-corrected chi connectivity index (χ4v) is 2.26. The van der Waals surface area contributed by atoms with Crippen LogP contribution in [0.3, 0.4) is 0 Å². The Bertz CT molecular complexity index is 803. The predicted molar refractivity (Wildman–Crippen MR) is 77.0 cm³/mol. The number of H-pyrrole nitrogens is 1. The van der Waals surface area contributed by atoms with E-state index in [1.54, 1.807) is 18.2 Å². The number of hydrogen-bond donors (Lipinski definition) is 2. The molecule has 23 heavy (non-hydrogen) atoms. The molecule has 0 saturated carbocycles. The number of rotatable bonds is 4. The number of halogens is 4. The highest BCUT2D eigenvalue weighted by Crippen LogP contribution is 2.30. The molecule has 1 amide bonds. The molecule has 0 aliphatic rings. The smallest absolute Gasteiger partial charge is 0.369 e. The normalized spacial score (nSPS) is 11.5. The van der Waals surface area contributed by atoms with Gasteiger partial charge in [-0.25, -0.2) is 4.98 Å². The zero-order valence-electron chi connectivity index (χ0n) is 11.6. The summed E-state index contributed by atoms with van der Waals surface area (Å²) in [6, 6.07) is 6.13. The first-order valence-corrected chi connectivity index (χ1v) is 6.76. The van der Waals surface area contributed by atoms with Crippen LogP contribution in [0.2, 0.25) is 5.02 Å². The van der Waals surface area contributed by atoms with Gasteiger partial charge in [0.1, 0.15) is 5.82 Å². The van der Waals surface area contributed by atoms with E-state index < -0.39 is 41.1 Å². The van der Waals surface area contributed by atoms with Gasteiger partial charge in [0, 0.05) is 11.4 Å². The van der Waals surface area contributed by atoms with E-state index in [9.17, 15) is 22.8 Å². The number of benzene rings is 1. The van der Waals surface area contributed by atoms with Gasteiger partial charge in [0.15, 0.2) is 5.69 Å². The summed E-state index contributed by atoms with van der Waals surface area (Å²) in [5.41, 5.74) is 2.49. The lowest BCUT2D eigenvalue weighted by Crippen LogP contribution is -2.27. The van der Waals surface area contributed by atoms with Crippen LogP contribution in [-0.2, 0) is 23.8 Å². The molecule has 0 spiro atoms. The Hall–Kier alpha value is -2.35. The van der Waals surface area contributed by atoms with Gasteiger partial charge < -0.3 is 10.7 Å². The highest BCUT2D eigenvalue weighted by atomic mass is 35.5. The van der Waals surface area contributed by atoms with Crippen molar-refractivity contribution < 1.29 is 18.0 Å². The Morgan fingerprint density at radius 2 is 2.04 bits per heavy atom. The highest BCUT2D eigenvalue weighted by molar-refractivity contribution is 6.30. The van der Waals surface area contributed by atoms with Crippen LogP contribution in [0.4, 0.5) is 13.2 Å². The average molecular weight is 346 g/mol. The number of amides is 1. The van der Waals surface area contributed by atoms with Crippen LogP contribution in [0, 0.1) is 0 Å². The number of carbonyl (C=O) groups is 1. The Labute approximate surface area is 133 Å². The fourth-order valence-electron chi connectivity index (χ4n) is 2.04. The molecule has 2 rings (SSSR count). The van der Waals surface area contributed by atoms with Crippen molar-refractivity contribution in [2.24, 2.45) is 5.73 Å². The predicted octanol–water partition coefficient (Wildman–Crippen LogP) is 2.06. The summed E-state index contributed by atoms with van der Waals surface area (Å²) in [5, 5.41) is 0.339. The lowest BCUT2D eigenvalue weighted by Gasteiger charge is -2.12. The summed E-state index contributed by atoms with van der Waals surface area (Å²) in [7, 11) is 0. The molecule has 0 aliphatic carbocycles.